The van der Waals surface area contributed by atoms with Crippen LogP contribution in [-0.2, 0) is 26.2 Å². The summed E-state index contributed by atoms with van der Waals surface area (Å²) in [6.45, 7) is 4.91. The maximum Gasteiger partial charge on any atom is 0.273 e. The van der Waals surface area contributed by atoms with Crippen molar-refractivity contribution in [3.05, 3.63) is 92.4 Å². The third kappa shape index (κ3) is 8.54. The molecule has 11 nitrogen and oxygen atoms in total. The number of nitro benzene ring substituents is 1. The van der Waals surface area contributed by atoms with Crippen molar-refractivity contribution in [1.29, 1.82) is 0 Å². The number of methoxy groups -OCH3 is 1. The molecule has 230 valence electrons. The number of hydrogen-bond acceptors (Lipinski definition) is 7. The molecular weight excluding hydrogens is 640 g/mol. The lowest BCUT2D eigenvalue weighted by molar-refractivity contribution is -0.385. The molecule has 0 saturated heterocycles. The number of carbonyl (C=O) groups is 2. The number of unbranched alkanes of at least 4 members (excludes halogenated alkanes) is 1. The fraction of sp³-hybridized carbons (Fsp3) is 0.333. The van der Waals surface area contributed by atoms with Gasteiger partial charge in [0.15, 0.2) is 0 Å². The predicted molar refractivity (Wildman–Crippen MR) is 167 cm³/mol. The van der Waals surface area contributed by atoms with Gasteiger partial charge in [0.1, 0.15) is 18.3 Å². The highest BCUT2D eigenvalue weighted by molar-refractivity contribution is 9.10. The molecule has 13 heteroatoms. The molecule has 0 aliphatic rings. The van der Waals surface area contributed by atoms with Crippen molar-refractivity contribution in [3.63, 3.8) is 0 Å². The quantitative estimate of drug-likeness (QED) is 0.141. The molecule has 0 aliphatic carbocycles. The van der Waals surface area contributed by atoms with Crippen LogP contribution in [0.5, 0.6) is 5.75 Å². The third-order valence-electron chi connectivity index (χ3n) is 6.87. The number of sulfonamides is 1. The maximum absolute atomic E-state index is 14.0. The monoisotopic (exact) mass is 674 g/mol. The van der Waals surface area contributed by atoms with Crippen molar-refractivity contribution < 1.29 is 27.7 Å². The van der Waals surface area contributed by atoms with E-state index in [9.17, 15) is 28.1 Å². The minimum Gasteiger partial charge on any atom is -0.497 e. The summed E-state index contributed by atoms with van der Waals surface area (Å²) in [5.74, 6) is -0.540. The lowest BCUT2D eigenvalue weighted by Crippen LogP contribution is -2.51. The highest BCUT2D eigenvalue weighted by Crippen LogP contribution is 2.29. The van der Waals surface area contributed by atoms with Crippen LogP contribution < -0.4 is 14.4 Å². The van der Waals surface area contributed by atoms with Crippen LogP contribution in [0.4, 0.5) is 11.4 Å². The van der Waals surface area contributed by atoms with Gasteiger partial charge in [0, 0.05) is 29.2 Å². The summed E-state index contributed by atoms with van der Waals surface area (Å²) in [5, 5.41) is 14.4. The number of ether oxygens (including phenoxy) is 1. The molecule has 3 aromatic carbocycles. The highest BCUT2D eigenvalue weighted by atomic mass is 79.9. The molecule has 1 N–H and O–H groups in total. The second-order valence-electron chi connectivity index (χ2n) is 9.88. The number of anilines is 1. The number of amides is 2. The average Bonchev–Trinajstić information content (AvgIpc) is 2.99. The first-order chi connectivity index (χ1) is 20.4. The van der Waals surface area contributed by atoms with Gasteiger partial charge in [0.2, 0.25) is 11.8 Å². The molecule has 0 saturated carbocycles. The summed E-state index contributed by atoms with van der Waals surface area (Å²) in [4.78, 5) is 39.0. The van der Waals surface area contributed by atoms with Crippen molar-refractivity contribution in [2.75, 3.05) is 24.5 Å². The van der Waals surface area contributed by atoms with E-state index in [4.69, 9.17) is 4.74 Å². The van der Waals surface area contributed by atoms with Crippen LogP contribution in [0.1, 0.15) is 37.8 Å². The van der Waals surface area contributed by atoms with Crippen LogP contribution in [0.25, 0.3) is 0 Å². The molecular formula is C30H35BrN4O7S. The number of nitro groups is 1. The third-order valence-corrected chi connectivity index (χ3v) is 9.17. The smallest absolute Gasteiger partial charge is 0.273 e. The number of benzene rings is 3. The number of rotatable bonds is 14. The molecule has 0 heterocycles. The summed E-state index contributed by atoms with van der Waals surface area (Å²) in [7, 11) is -3.02. The number of halogens is 1. The SMILES string of the molecule is CCCCNC(=O)[C@H](C)N(Cc1ccc(Br)cc1)C(=O)CN(c1ccc(OC)cc1)S(=O)(=O)c1ccc(C)c([N+](=O)[O-])c1. The van der Waals surface area contributed by atoms with Crippen LogP contribution >= 0.6 is 15.9 Å². The minimum absolute atomic E-state index is 0.0426. The van der Waals surface area contributed by atoms with Gasteiger partial charge >= 0.3 is 0 Å². The Bertz CT molecular complexity index is 1550. The first-order valence-corrected chi connectivity index (χ1v) is 15.9. The molecule has 0 fully saturated rings. The van der Waals surface area contributed by atoms with Crippen LogP contribution in [0.2, 0.25) is 0 Å². The van der Waals surface area contributed by atoms with E-state index < -0.39 is 33.4 Å². The molecule has 2 amide bonds. The lowest BCUT2D eigenvalue weighted by atomic mass is 10.1. The Kier molecular flexibility index (Phi) is 11.7. The van der Waals surface area contributed by atoms with Crippen molar-refractivity contribution in [2.24, 2.45) is 0 Å². The number of hydrogen-bond donors (Lipinski definition) is 1. The molecule has 3 rings (SSSR count). The largest absolute Gasteiger partial charge is 0.497 e. The number of nitrogens with one attached hydrogen (secondary N) is 1. The standard InChI is InChI=1S/C30H35BrN4O7S/c1-5-6-17-32-30(37)22(3)33(19-23-8-10-24(31)11-9-23)29(36)20-34(25-12-14-26(42-4)15-13-25)43(40,41)27-16-7-21(2)28(18-27)35(38)39/h7-16,18,22H,5-6,17,19-20H2,1-4H3,(H,32,37)/t22-/m0/s1. The fourth-order valence-electron chi connectivity index (χ4n) is 4.26. The zero-order chi connectivity index (χ0) is 31.7. The van der Waals surface area contributed by atoms with E-state index in [1.54, 1.807) is 31.2 Å². The topological polar surface area (TPSA) is 139 Å². The molecule has 0 aliphatic heterocycles. The van der Waals surface area contributed by atoms with Gasteiger partial charge in [0.05, 0.1) is 22.6 Å². The summed E-state index contributed by atoms with van der Waals surface area (Å²) >= 11 is 3.39. The molecule has 0 aromatic heterocycles. The van der Waals surface area contributed by atoms with E-state index in [-0.39, 0.29) is 28.7 Å². The van der Waals surface area contributed by atoms with Crippen LogP contribution in [0.3, 0.4) is 0 Å². The summed E-state index contributed by atoms with van der Waals surface area (Å²) in [6.07, 6.45) is 1.65. The zero-order valence-corrected chi connectivity index (χ0v) is 26.9. The van der Waals surface area contributed by atoms with E-state index in [0.717, 1.165) is 33.2 Å². The first kappa shape index (κ1) is 33.5. The van der Waals surface area contributed by atoms with Gasteiger partial charge in [-0.05, 0) is 68.3 Å². The van der Waals surface area contributed by atoms with Crippen molar-refractivity contribution >= 4 is 49.1 Å². The first-order valence-electron chi connectivity index (χ1n) is 13.6. The molecule has 0 bridgehead atoms. The Labute approximate surface area is 260 Å². The van der Waals surface area contributed by atoms with Crippen LogP contribution in [0, 0.1) is 17.0 Å². The lowest BCUT2D eigenvalue weighted by Gasteiger charge is -2.32. The summed E-state index contributed by atoms with van der Waals surface area (Å²) in [5.41, 5.74) is 0.801. The van der Waals surface area contributed by atoms with E-state index >= 15 is 0 Å². The molecule has 0 unspecified atom stereocenters. The van der Waals surface area contributed by atoms with E-state index in [1.165, 1.54) is 43.2 Å². The Balaban J connectivity index is 2.06. The van der Waals surface area contributed by atoms with E-state index in [2.05, 4.69) is 21.2 Å². The Morgan fingerprint density at radius 3 is 2.30 bits per heavy atom. The minimum atomic E-state index is -4.48. The van der Waals surface area contributed by atoms with Gasteiger partial charge in [-0.25, -0.2) is 8.42 Å². The summed E-state index contributed by atoms with van der Waals surface area (Å²) in [6, 6.07) is 15.9. The van der Waals surface area contributed by atoms with Crippen molar-refractivity contribution in [3.8, 4) is 5.75 Å². The van der Waals surface area contributed by atoms with Gasteiger partial charge in [0.25, 0.3) is 15.7 Å². The van der Waals surface area contributed by atoms with E-state index in [1.807, 2.05) is 19.1 Å². The van der Waals surface area contributed by atoms with Gasteiger partial charge < -0.3 is 15.0 Å². The second-order valence-corrected chi connectivity index (χ2v) is 12.7. The van der Waals surface area contributed by atoms with Gasteiger partial charge in [-0.1, -0.05) is 47.5 Å². The van der Waals surface area contributed by atoms with Crippen molar-refractivity contribution in [1.82, 2.24) is 10.2 Å². The maximum atomic E-state index is 14.0. The molecule has 1 atom stereocenters. The van der Waals surface area contributed by atoms with Crippen LogP contribution in [-0.4, -0.2) is 56.3 Å². The van der Waals surface area contributed by atoms with Gasteiger partial charge in [-0.3, -0.25) is 24.0 Å². The number of carbonyl (C=O) groups excluding carboxylic acids is 2. The predicted octanol–water partition coefficient (Wildman–Crippen LogP) is 5.20. The molecule has 43 heavy (non-hydrogen) atoms. The number of nitrogens with zero attached hydrogens (tertiary/aromatic N) is 3. The summed E-state index contributed by atoms with van der Waals surface area (Å²) < 4.78 is 35.0. The molecule has 0 spiro atoms. The fourth-order valence-corrected chi connectivity index (χ4v) is 5.96. The number of aryl methyl sites for hydroxylation is 1. The normalized spacial score (nSPS) is 11.8. The molecule has 0 radical (unpaired) electrons. The Hall–Kier alpha value is -3.97. The molecule has 3 aromatic rings. The zero-order valence-electron chi connectivity index (χ0n) is 24.4. The van der Waals surface area contributed by atoms with E-state index in [0.29, 0.717) is 17.9 Å². The second kappa shape index (κ2) is 15.0. The Morgan fingerprint density at radius 2 is 1.72 bits per heavy atom. The van der Waals surface area contributed by atoms with Crippen LogP contribution in [0.15, 0.2) is 76.1 Å². The van der Waals surface area contributed by atoms with Gasteiger partial charge in [-0.2, -0.15) is 0 Å². The van der Waals surface area contributed by atoms with Gasteiger partial charge in [-0.15, -0.1) is 0 Å². The highest BCUT2D eigenvalue weighted by Gasteiger charge is 2.33. The van der Waals surface area contributed by atoms with Crippen molar-refractivity contribution in [2.45, 2.75) is 51.1 Å². The average molecular weight is 676 g/mol. The Morgan fingerprint density at radius 1 is 1.07 bits per heavy atom.